The quantitative estimate of drug-likeness (QED) is 0.700. The van der Waals surface area contributed by atoms with E-state index in [1.54, 1.807) is 0 Å². The Morgan fingerprint density at radius 2 is 1.53 bits per heavy atom. The lowest BCUT2D eigenvalue weighted by Crippen LogP contribution is -2.26. The second-order valence-electron chi connectivity index (χ2n) is 6.17. The van der Waals surface area contributed by atoms with Crippen LogP contribution in [0.2, 0.25) is 0 Å². The molecule has 1 aliphatic heterocycles. The highest BCUT2D eigenvalue weighted by molar-refractivity contribution is 5.88. The molecule has 2 rings (SSSR count). The highest BCUT2D eigenvalue weighted by atomic mass is 16.5. The van der Waals surface area contributed by atoms with E-state index in [9.17, 15) is 4.79 Å². The van der Waals surface area contributed by atoms with Gasteiger partial charge in [-0.1, -0.05) is 27.7 Å². The number of ether oxygens (including phenoxy) is 1. The second kappa shape index (κ2) is 3.31. The molecular weight excluding hydrogens is 188 g/mol. The van der Waals surface area contributed by atoms with Crippen LogP contribution < -0.4 is 0 Å². The largest absolute Gasteiger partial charge is 0.381 e. The van der Waals surface area contributed by atoms with Gasteiger partial charge in [0.2, 0.25) is 0 Å². The fourth-order valence-electron chi connectivity index (χ4n) is 3.13. The SMILES string of the molecule is CC1(C)C(C(=O)C2CCOCC2)C1(C)C. The zero-order valence-electron chi connectivity index (χ0n) is 10.3. The lowest BCUT2D eigenvalue weighted by atomic mass is 9.90. The molecule has 2 heteroatoms. The van der Waals surface area contributed by atoms with E-state index in [2.05, 4.69) is 27.7 Å². The molecule has 0 unspecified atom stereocenters. The molecule has 2 fully saturated rings. The molecule has 0 N–H and O–H groups in total. The van der Waals surface area contributed by atoms with Gasteiger partial charge in [0, 0.05) is 25.0 Å². The maximum Gasteiger partial charge on any atom is 0.140 e. The van der Waals surface area contributed by atoms with Gasteiger partial charge in [-0.25, -0.2) is 0 Å². The summed E-state index contributed by atoms with van der Waals surface area (Å²) in [5.74, 6) is 1.03. The van der Waals surface area contributed by atoms with E-state index in [1.165, 1.54) is 0 Å². The van der Waals surface area contributed by atoms with E-state index < -0.39 is 0 Å². The minimum absolute atomic E-state index is 0.197. The Labute approximate surface area is 92.4 Å². The van der Waals surface area contributed by atoms with Crippen LogP contribution in [0.25, 0.3) is 0 Å². The van der Waals surface area contributed by atoms with Crippen molar-refractivity contribution in [2.75, 3.05) is 13.2 Å². The monoisotopic (exact) mass is 210 g/mol. The molecule has 1 saturated carbocycles. The molecule has 0 spiro atoms. The molecule has 1 saturated heterocycles. The second-order valence-corrected chi connectivity index (χ2v) is 6.17. The summed E-state index contributed by atoms with van der Waals surface area (Å²) in [5, 5.41) is 0. The minimum Gasteiger partial charge on any atom is -0.381 e. The van der Waals surface area contributed by atoms with Crippen LogP contribution in [-0.4, -0.2) is 19.0 Å². The Kier molecular flexibility index (Phi) is 2.45. The van der Waals surface area contributed by atoms with Gasteiger partial charge in [-0.15, -0.1) is 0 Å². The van der Waals surface area contributed by atoms with Crippen LogP contribution in [0.15, 0.2) is 0 Å². The average molecular weight is 210 g/mol. The predicted molar refractivity (Wildman–Crippen MR) is 59.6 cm³/mol. The molecule has 2 nitrogen and oxygen atoms in total. The van der Waals surface area contributed by atoms with Crippen LogP contribution in [0.4, 0.5) is 0 Å². The van der Waals surface area contributed by atoms with Gasteiger partial charge >= 0.3 is 0 Å². The molecule has 0 atom stereocenters. The third-order valence-corrected chi connectivity index (χ3v) is 4.93. The summed E-state index contributed by atoms with van der Waals surface area (Å²) in [6, 6.07) is 0. The molecule has 1 aliphatic carbocycles. The first kappa shape index (κ1) is 11.1. The topological polar surface area (TPSA) is 26.3 Å². The zero-order chi connectivity index (χ0) is 11.3. The van der Waals surface area contributed by atoms with Gasteiger partial charge < -0.3 is 4.74 Å². The van der Waals surface area contributed by atoms with Gasteiger partial charge in [-0.3, -0.25) is 4.79 Å². The van der Waals surface area contributed by atoms with Crippen LogP contribution in [0.3, 0.4) is 0 Å². The number of Topliss-reactive ketones (excluding diaryl/α,β-unsaturated/α-hetero) is 1. The molecule has 0 aromatic heterocycles. The van der Waals surface area contributed by atoms with Crippen LogP contribution in [0.1, 0.15) is 40.5 Å². The first-order chi connectivity index (χ1) is 6.89. The van der Waals surface area contributed by atoms with Crippen molar-refractivity contribution >= 4 is 5.78 Å². The van der Waals surface area contributed by atoms with Crippen molar-refractivity contribution in [1.82, 2.24) is 0 Å². The van der Waals surface area contributed by atoms with Crippen LogP contribution in [0.5, 0.6) is 0 Å². The van der Waals surface area contributed by atoms with Crippen LogP contribution in [0, 0.1) is 22.7 Å². The fourth-order valence-corrected chi connectivity index (χ4v) is 3.13. The molecule has 86 valence electrons. The molecule has 1 heterocycles. The van der Waals surface area contributed by atoms with Gasteiger partial charge in [-0.2, -0.15) is 0 Å². The van der Waals surface area contributed by atoms with Gasteiger partial charge in [-0.05, 0) is 23.7 Å². The summed E-state index contributed by atoms with van der Waals surface area (Å²) in [4.78, 5) is 12.3. The van der Waals surface area contributed by atoms with E-state index in [-0.39, 0.29) is 22.7 Å². The molecule has 0 amide bonds. The Balaban J connectivity index is 2.04. The summed E-state index contributed by atoms with van der Waals surface area (Å²) >= 11 is 0. The highest BCUT2D eigenvalue weighted by Crippen LogP contribution is 2.69. The lowest BCUT2D eigenvalue weighted by Gasteiger charge is -2.21. The molecular formula is C13H22O2. The van der Waals surface area contributed by atoms with E-state index >= 15 is 0 Å². The van der Waals surface area contributed by atoms with Crippen molar-refractivity contribution in [2.45, 2.75) is 40.5 Å². The van der Waals surface area contributed by atoms with E-state index in [0.717, 1.165) is 26.1 Å². The van der Waals surface area contributed by atoms with Crippen molar-refractivity contribution in [1.29, 1.82) is 0 Å². The molecule has 15 heavy (non-hydrogen) atoms. The molecule has 0 radical (unpaired) electrons. The van der Waals surface area contributed by atoms with Gasteiger partial charge in [0.1, 0.15) is 5.78 Å². The summed E-state index contributed by atoms with van der Waals surface area (Å²) < 4.78 is 5.30. The fraction of sp³-hybridized carbons (Fsp3) is 0.923. The Hall–Kier alpha value is -0.370. The van der Waals surface area contributed by atoms with Crippen LogP contribution in [-0.2, 0) is 9.53 Å². The number of ketones is 1. The Bertz CT molecular complexity index is 258. The maximum absolute atomic E-state index is 12.3. The smallest absolute Gasteiger partial charge is 0.140 e. The summed E-state index contributed by atoms with van der Waals surface area (Å²) in [6.45, 7) is 10.4. The first-order valence-electron chi connectivity index (χ1n) is 6.00. The number of hydrogen-bond donors (Lipinski definition) is 0. The molecule has 0 bridgehead atoms. The standard InChI is InChI=1S/C13H22O2/c1-12(2)11(13(12,3)4)10(14)9-5-7-15-8-6-9/h9,11H,5-8H2,1-4H3. The van der Waals surface area contributed by atoms with E-state index in [4.69, 9.17) is 4.74 Å². The Morgan fingerprint density at radius 1 is 1.07 bits per heavy atom. The van der Waals surface area contributed by atoms with E-state index in [0.29, 0.717) is 5.78 Å². The normalized spacial score (nSPS) is 30.1. The summed E-state index contributed by atoms with van der Waals surface area (Å²) in [7, 11) is 0. The van der Waals surface area contributed by atoms with Gasteiger partial charge in [0.15, 0.2) is 0 Å². The molecule has 2 aliphatic rings. The van der Waals surface area contributed by atoms with Gasteiger partial charge in [0.05, 0.1) is 0 Å². The van der Waals surface area contributed by atoms with Crippen molar-refractivity contribution in [3.05, 3.63) is 0 Å². The van der Waals surface area contributed by atoms with E-state index in [1.807, 2.05) is 0 Å². The van der Waals surface area contributed by atoms with Crippen molar-refractivity contribution in [3.63, 3.8) is 0 Å². The number of carbonyl (C=O) groups excluding carboxylic acids is 1. The van der Waals surface area contributed by atoms with Crippen molar-refractivity contribution in [2.24, 2.45) is 22.7 Å². The summed E-state index contributed by atoms with van der Waals surface area (Å²) in [6.07, 6.45) is 1.86. The lowest BCUT2D eigenvalue weighted by molar-refractivity contribution is -0.128. The zero-order valence-corrected chi connectivity index (χ0v) is 10.3. The maximum atomic E-state index is 12.3. The summed E-state index contributed by atoms with van der Waals surface area (Å²) in [5.41, 5.74) is 0.394. The van der Waals surface area contributed by atoms with Crippen molar-refractivity contribution < 1.29 is 9.53 Å². The molecule has 0 aromatic rings. The Morgan fingerprint density at radius 3 is 1.93 bits per heavy atom. The minimum atomic E-state index is 0.197. The number of hydrogen-bond acceptors (Lipinski definition) is 2. The first-order valence-corrected chi connectivity index (χ1v) is 6.00. The average Bonchev–Trinajstić information content (AvgIpc) is 2.58. The third kappa shape index (κ3) is 1.54. The molecule has 0 aromatic carbocycles. The highest BCUT2D eigenvalue weighted by Gasteiger charge is 2.68. The van der Waals surface area contributed by atoms with Crippen molar-refractivity contribution in [3.8, 4) is 0 Å². The van der Waals surface area contributed by atoms with Crippen LogP contribution >= 0.6 is 0 Å². The predicted octanol–water partition coefficient (Wildman–Crippen LogP) is 2.66. The van der Waals surface area contributed by atoms with Gasteiger partial charge in [0.25, 0.3) is 0 Å². The number of carbonyl (C=O) groups is 1. The number of rotatable bonds is 2. The third-order valence-electron chi connectivity index (χ3n) is 4.93.